The summed E-state index contributed by atoms with van der Waals surface area (Å²) in [6.45, 7) is -1.01. The smallest absolute Gasteiger partial charge is 0.382 e. The highest BCUT2D eigenvalue weighted by molar-refractivity contribution is 7.90. The molecule has 0 saturated heterocycles. The van der Waals surface area contributed by atoms with Gasteiger partial charge in [0.05, 0.1) is 5.25 Å². The lowest BCUT2D eigenvalue weighted by Crippen LogP contribution is -2.41. The molecule has 8 heteroatoms. The molecule has 0 aromatic rings. The number of halogens is 3. The lowest BCUT2D eigenvalue weighted by atomic mass is 10.4. The fraction of sp³-hybridized carbons (Fsp3) is 1.00. The van der Waals surface area contributed by atoms with Gasteiger partial charge in [-0.1, -0.05) is 0 Å². The number of alkyl halides is 3. The van der Waals surface area contributed by atoms with Crippen LogP contribution in [0.3, 0.4) is 0 Å². The van der Waals surface area contributed by atoms with Crippen LogP contribution in [0.5, 0.6) is 0 Å². The first kappa shape index (κ1) is 11.7. The second-order valence-electron chi connectivity index (χ2n) is 3.15. The monoisotopic (exact) mass is 233 g/mol. The highest BCUT2D eigenvalue weighted by Crippen LogP contribution is 2.27. The van der Waals surface area contributed by atoms with Gasteiger partial charge in [-0.05, 0) is 12.8 Å². The molecule has 1 aliphatic rings. The van der Waals surface area contributed by atoms with Gasteiger partial charge < -0.3 is 5.11 Å². The summed E-state index contributed by atoms with van der Waals surface area (Å²) in [5.41, 5.74) is 0. The normalized spacial score (nSPS) is 20.9. The SMILES string of the molecule is O=S(=O)(NCC(O)C(F)(F)F)C1CC1. The molecule has 0 heterocycles. The van der Waals surface area contributed by atoms with E-state index in [1.54, 1.807) is 4.72 Å². The van der Waals surface area contributed by atoms with E-state index in [0.717, 1.165) is 0 Å². The standard InChI is InChI=1S/C6H10F3NO3S/c7-6(8,9)5(11)3-10-14(12,13)4-1-2-4/h4-5,10-11H,1-3H2. The molecular formula is C6H10F3NO3S. The van der Waals surface area contributed by atoms with Crippen molar-refractivity contribution in [3.05, 3.63) is 0 Å². The molecule has 4 nitrogen and oxygen atoms in total. The van der Waals surface area contributed by atoms with Crippen molar-refractivity contribution in [2.45, 2.75) is 30.4 Å². The van der Waals surface area contributed by atoms with Crippen LogP contribution < -0.4 is 4.72 Å². The second kappa shape index (κ2) is 3.67. The summed E-state index contributed by atoms with van der Waals surface area (Å²) < 4.78 is 59.1. The highest BCUT2D eigenvalue weighted by atomic mass is 32.2. The Morgan fingerprint density at radius 3 is 2.29 bits per heavy atom. The van der Waals surface area contributed by atoms with Crippen molar-refractivity contribution in [1.82, 2.24) is 4.72 Å². The van der Waals surface area contributed by atoms with E-state index in [1.807, 2.05) is 0 Å². The van der Waals surface area contributed by atoms with Crippen LogP contribution in [0.1, 0.15) is 12.8 Å². The summed E-state index contributed by atoms with van der Waals surface area (Å²) in [5.74, 6) is 0. The van der Waals surface area contributed by atoms with E-state index in [2.05, 4.69) is 0 Å². The third-order valence-electron chi connectivity index (χ3n) is 1.82. The Hall–Kier alpha value is -0.340. The number of nitrogens with one attached hydrogen (secondary N) is 1. The minimum atomic E-state index is -4.79. The van der Waals surface area contributed by atoms with E-state index < -0.39 is 34.1 Å². The number of hydrogen-bond donors (Lipinski definition) is 2. The third kappa shape index (κ3) is 3.10. The van der Waals surface area contributed by atoms with E-state index in [-0.39, 0.29) is 0 Å². The van der Waals surface area contributed by atoms with Gasteiger partial charge in [-0.3, -0.25) is 0 Å². The zero-order chi connectivity index (χ0) is 11.0. The molecular weight excluding hydrogens is 223 g/mol. The van der Waals surface area contributed by atoms with E-state index in [0.29, 0.717) is 12.8 Å². The molecule has 0 spiro atoms. The molecule has 2 N–H and O–H groups in total. The molecule has 0 bridgehead atoms. The average Bonchev–Trinajstić information content (AvgIpc) is 2.80. The van der Waals surface area contributed by atoms with Crippen LogP contribution in [-0.4, -0.2) is 37.6 Å². The van der Waals surface area contributed by atoms with Gasteiger partial charge >= 0.3 is 6.18 Å². The quantitative estimate of drug-likeness (QED) is 0.717. The van der Waals surface area contributed by atoms with Crippen LogP contribution in [0.25, 0.3) is 0 Å². The van der Waals surface area contributed by atoms with Gasteiger partial charge in [0, 0.05) is 6.54 Å². The second-order valence-corrected chi connectivity index (χ2v) is 5.20. The van der Waals surface area contributed by atoms with Crippen molar-refractivity contribution in [2.75, 3.05) is 6.54 Å². The zero-order valence-electron chi connectivity index (χ0n) is 7.08. The summed E-state index contributed by atoms with van der Waals surface area (Å²) in [6, 6.07) is 0. The summed E-state index contributed by atoms with van der Waals surface area (Å²) in [7, 11) is -3.65. The van der Waals surface area contributed by atoms with Crippen molar-refractivity contribution in [1.29, 1.82) is 0 Å². The Morgan fingerprint density at radius 2 is 1.93 bits per heavy atom. The summed E-state index contributed by atoms with van der Waals surface area (Å²) in [6.07, 6.45) is -6.49. The number of sulfonamides is 1. The Labute approximate surface area is 79.2 Å². The fourth-order valence-corrected chi connectivity index (χ4v) is 2.19. The minimum absolute atomic E-state index is 0.470. The maximum atomic E-state index is 11.8. The van der Waals surface area contributed by atoms with Crippen molar-refractivity contribution < 1.29 is 26.7 Å². The largest absolute Gasteiger partial charge is 0.415 e. The molecule has 1 unspecified atom stereocenters. The Morgan fingerprint density at radius 1 is 1.43 bits per heavy atom. The molecule has 0 aromatic heterocycles. The molecule has 1 fully saturated rings. The van der Waals surface area contributed by atoms with Crippen molar-refractivity contribution in [3.63, 3.8) is 0 Å². The molecule has 1 atom stereocenters. The predicted octanol–water partition coefficient (Wildman–Crippen LogP) is -0.00860. The highest BCUT2D eigenvalue weighted by Gasteiger charge is 2.41. The van der Waals surface area contributed by atoms with Crippen LogP contribution in [0.2, 0.25) is 0 Å². The van der Waals surface area contributed by atoms with Gasteiger partial charge in [-0.2, -0.15) is 13.2 Å². The number of aliphatic hydroxyl groups excluding tert-OH is 1. The summed E-state index contributed by atoms with van der Waals surface area (Å²) in [5, 5.41) is 7.92. The van der Waals surface area contributed by atoms with E-state index in [1.165, 1.54) is 0 Å². The van der Waals surface area contributed by atoms with E-state index in [9.17, 15) is 21.6 Å². The van der Waals surface area contributed by atoms with Crippen LogP contribution in [0.15, 0.2) is 0 Å². The maximum Gasteiger partial charge on any atom is 0.415 e. The molecule has 1 rings (SSSR count). The van der Waals surface area contributed by atoms with Gasteiger partial charge in [0.1, 0.15) is 0 Å². The molecule has 0 aliphatic heterocycles. The van der Waals surface area contributed by atoms with Crippen molar-refractivity contribution in [3.8, 4) is 0 Å². The van der Waals surface area contributed by atoms with Gasteiger partial charge in [0.2, 0.25) is 10.0 Å². The first-order valence-electron chi connectivity index (χ1n) is 3.97. The average molecular weight is 233 g/mol. The van der Waals surface area contributed by atoms with Gasteiger partial charge in [-0.15, -0.1) is 0 Å². The lowest BCUT2D eigenvalue weighted by Gasteiger charge is -2.14. The number of rotatable bonds is 4. The van der Waals surface area contributed by atoms with Crippen LogP contribution in [0, 0.1) is 0 Å². The fourth-order valence-electron chi connectivity index (χ4n) is 0.807. The number of hydrogen-bond acceptors (Lipinski definition) is 3. The third-order valence-corrected chi connectivity index (χ3v) is 3.74. The first-order chi connectivity index (χ1) is 6.23. The molecule has 1 saturated carbocycles. The van der Waals surface area contributed by atoms with Gasteiger partial charge in [-0.25, -0.2) is 13.1 Å². The Balaban J connectivity index is 2.40. The predicted molar refractivity (Wildman–Crippen MR) is 42.0 cm³/mol. The Bertz CT molecular complexity index is 296. The lowest BCUT2D eigenvalue weighted by molar-refractivity contribution is -0.200. The summed E-state index contributed by atoms with van der Waals surface area (Å²) >= 11 is 0. The molecule has 84 valence electrons. The Kier molecular flexibility index (Phi) is 3.07. The van der Waals surface area contributed by atoms with Gasteiger partial charge in [0.15, 0.2) is 6.10 Å². The molecule has 1 aliphatic carbocycles. The van der Waals surface area contributed by atoms with Crippen LogP contribution >= 0.6 is 0 Å². The van der Waals surface area contributed by atoms with E-state index in [4.69, 9.17) is 5.11 Å². The number of aliphatic hydroxyl groups is 1. The van der Waals surface area contributed by atoms with Crippen molar-refractivity contribution >= 4 is 10.0 Å². The minimum Gasteiger partial charge on any atom is -0.382 e. The van der Waals surface area contributed by atoms with Crippen LogP contribution in [-0.2, 0) is 10.0 Å². The first-order valence-corrected chi connectivity index (χ1v) is 5.51. The van der Waals surface area contributed by atoms with E-state index >= 15 is 0 Å². The van der Waals surface area contributed by atoms with Crippen LogP contribution in [0.4, 0.5) is 13.2 Å². The maximum absolute atomic E-state index is 11.8. The molecule has 0 aromatic carbocycles. The summed E-state index contributed by atoms with van der Waals surface area (Å²) in [4.78, 5) is 0. The van der Waals surface area contributed by atoms with Gasteiger partial charge in [0.25, 0.3) is 0 Å². The topological polar surface area (TPSA) is 66.4 Å². The van der Waals surface area contributed by atoms with Crippen molar-refractivity contribution in [2.24, 2.45) is 0 Å². The zero-order valence-corrected chi connectivity index (χ0v) is 7.90. The molecule has 0 radical (unpaired) electrons. The molecule has 14 heavy (non-hydrogen) atoms. The molecule has 0 amide bonds.